The molecule has 1 amide bonds. The second-order valence-electron chi connectivity index (χ2n) is 5.29. The molecule has 1 fully saturated rings. The summed E-state index contributed by atoms with van der Waals surface area (Å²) in [7, 11) is 0. The first kappa shape index (κ1) is 13.7. The summed E-state index contributed by atoms with van der Waals surface area (Å²) in [5, 5.41) is 0. The Hall–Kier alpha value is -2.29. The van der Waals surface area contributed by atoms with Gasteiger partial charge in [-0.15, -0.1) is 0 Å². The van der Waals surface area contributed by atoms with E-state index < -0.39 is 0 Å². The molecule has 0 spiro atoms. The van der Waals surface area contributed by atoms with Crippen molar-refractivity contribution in [2.45, 2.75) is 19.3 Å². The zero-order valence-corrected chi connectivity index (χ0v) is 12.0. The van der Waals surface area contributed by atoms with Gasteiger partial charge < -0.3 is 9.32 Å². The minimum Gasteiger partial charge on any atom is -0.465 e. The largest absolute Gasteiger partial charge is 0.465 e. The highest BCUT2D eigenvalue weighted by Gasteiger charge is 2.21. The van der Waals surface area contributed by atoms with Crippen LogP contribution in [0.3, 0.4) is 0 Å². The van der Waals surface area contributed by atoms with Crippen molar-refractivity contribution in [2.24, 2.45) is 0 Å². The molecule has 0 aliphatic carbocycles. The van der Waals surface area contributed by atoms with Crippen LogP contribution in [-0.2, 0) is 4.79 Å². The number of hydrogen-bond acceptors (Lipinski definition) is 2. The highest BCUT2D eigenvalue weighted by atomic mass is 16.3. The molecule has 1 saturated heterocycles. The third-order valence-corrected chi connectivity index (χ3v) is 3.79. The number of rotatable bonds is 3. The van der Waals surface area contributed by atoms with Crippen molar-refractivity contribution in [3.05, 3.63) is 60.1 Å². The zero-order valence-electron chi connectivity index (χ0n) is 12.0. The van der Waals surface area contributed by atoms with Crippen molar-refractivity contribution in [1.29, 1.82) is 0 Å². The molecule has 1 aliphatic rings. The number of carbonyl (C=O) groups is 1. The van der Waals surface area contributed by atoms with E-state index in [2.05, 4.69) is 0 Å². The van der Waals surface area contributed by atoms with E-state index >= 15 is 0 Å². The summed E-state index contributed by atoms with van der Waals surface area (Å²) in [5.74, 6) is 0.802. The fraction of sp³-hybridized carbons (Fsp3) is 0.278. The van der Waals surface area contributed by atoms with Crippen LogP contribution < -0.4 is 0 Å². The highest BCUT2D eigenvalue weighted by Crippen LogP contribution is 2.23. The van der Waals surface area contributed by atoms with Crippen LogP contribution in [-0.4, -0.2) is 23.9 Å². The molecule has 0 bridgehead atoms. The smallest absolute Gasteiger partial charge is 0.254 e. The summed E-state index contributed by atoms with van der Waals surface area (Å²) in [6, 6.07) is 13.5. The maximum atomic E-state index is 12.8. The number of furan rings is 1. The maximum absolute atomic E-state index is 12.8. The molecule has 0 N–H and O–H groups in total. The lowest BCUT2D eigenvalue weighted by Crippen LogP contribution is -2.36. The second-order valence-corrected chi connectivity index (χ2v) is 5.29. The summed E-state index contributed by atoms with van der Waals surface area (Å²) >= 11 is 0. The molecule has 108 valence electrons. The van der Waals surface area contributed by atoms with Crippen LogP contribution in [0.25, 0.3) is 11.6 Å². The van der Waals surface area contributed by atoms with Crippen LogP contribution in [0, 0.1) is 0 Å². The van der Waals surface area contributed by atoms with Crippen molar-refractivity contribution in [3.8, 4) is 0 Å². The molecule has 1 aromatic heterocycles. The summed E-state index contributed by atoms with van der Waals surface area (Å²) in [4.78, 5) is 14.8. The molecule has 2 heterocycles. The lowest BCUT2D eigenvalue weighted by molar-refractivity contribution is -0.125. The summed E-state index contributed by atoms with van der Waals surface area (Å²) in [5.41, 5.74) is 1.64. The van der Waals surface area contributed by atoms with Gasteiger partial charge in [-0.2, -0.15) is 0 Å². The number of piperidine rings is 1. The minimum absolute atomic E-state index is 0.0947. The van der Waals surface area contributed by atoms with Gasteiger partial charge in [0.1, 0.15) is 5.76 Å². The Morgan fingerprint density at radius 3 is 2.43 bits per heavy atom. The van der Waals surface area contributed by atoms with Gasteiger partial charge >= 0.3 is 0 Å². The Kier molecular flexibility index (Phi) is 4.20. The van der Waals surface area contributed by atoms with E-state index in [1.54, 1.807) is 6.26 Å². The Balaban J connectivity index is 1.94. The normalized spacial score (nSPS) is 16.0. The van der Waals surface area contributed by atoms with Crippen LogP contribution in [0.2, 0.25) is 0 Å². The molecular weight excluding hydrogens is 262 g/mol. The van der Waals surface area contributed by atoms with Gasteiger partial charge in [-0.3, -0.25) is 4.79 Å². The van der Waals surface area contributed by atoms with Gasteiger partial charge in [0.25, 0.3) is 5.91 Å². The zero-order chi connectivity index (χ0) is 14.5. The summed E-state index contributed by atoms with van der Waals surface area (Å²) in [6.07, 6.45) is 6.86. The molecule has 0 unspecified atom stereocenters. The van der Waals surface area contributed by atoms with E-state index in [0.29, 0.717) is 11.3 Å². The van der Waals surface area contributed by atoms with Crippen LogP contribution >= 0.6 is 0 Å². The molecule has 3 heteroatoms. The third-order valence-electron chi connectivity index (χ3n) is 3.79. The van der Waals surface area contributed by atoms with Gasteiger partial charge in [0.2, 0.25) is 0 Å². The molecule has 0 atom stereocenters. The van der Waals surface area contributed by atoms with Crippen molar-refractivity contribution >= 4 is 17.6 Å². The number of likely N-dealkylation sites (tertiary alicyclic amines) is 1. The fourth-order valence-corrected chi connectivity index (χ4v) is 2.67. The average Bonchev–Trinajstić information content (AvgIpc) is 3.07. The first-order valence-corrected chi connectivity index (χ1v) is 7.44. The van der Waals surface area contributed by atoms with Crippen molar-refractivity contribution in [2.75, 3.05) is 13.1 Å². The molecule has 3 nitrogen and oxygen atoms in total. The van der Waals surface area contributed by atoms with Gasteiger partial charge in [0, 0.05) is 13.1 Å². The van der Waals surface area contributed by atoms with E-state index in [1.807, 2.05) is 53.4 Å². The van der Waals surface area contributed by atoms with Gasteiger partial charge in [0.15, 0.2) is 0 Å². The second kappa shape index (κ2) is 6.44. The van der Waals surface area contributed by atoms with Crippen LogP contribution in [0.15, 0.2) is 53.1 Å². The fourth-order valence-electron chi connectivity index (χ4n) is 2.67. The average molecular weight is 281 g/mol. The number of hydrogen-bond donors (Lipinski definition) is 0. The monoisotopic (exact) mass is 281 g/mol. The standard InChI is InChI=1S/C18H19NO2/c20-18(19-11-5-2-6-12-19)17(14-16-10-7-13-21-16)15-8-3-1-4-9-15/h1,3-4,7-10,13-14H,2,5-6,11-12H2/b17-14+. The molecule has 0 radical (unpaired) electrons. The van der Waals surface area contributed by atoms with Crippen molar-refractivity contribution in [3.63, 3.8) is 0 Å². The molecule has 0 saturated carbocycles. The lowest BCUT2D eigenvalue weighted by atomic mass is 10.0. The first-order chi connectivity index (χ1) is 10.3. The molecule has 2 aromatic rings. The topological polar surface area (TPSA) is 33.5 Å². The third kappa shape index (κ3) is 3.24. The van der Waals surface area contributed by atoms with Crippen LogP contribution in [0.4, 0.5) is 0 Å². The maximum Gasteiger partial charge on any atom is 0.254 e. The predicted molar refractivity (Wildman–Crippen MR) is 83.5 cm³/mol. The molecule has 1 aromatic carbocycles. The van der Waals surface area contributed by atoms with Gasteiger partial charge in [0.05, 0.1) is 11.8 Å². The Morgan fingerprint density at radius 2 is 1.76 bits per heavy atom. The van der Waals surface area contributed by atoms with E-state index in [9.17, 15) is 4.79 Å². The summed E-state index contributed by atoms with van der Waals surface area (Å²) in [6.45, 7) is 1.70. The first-order valence-electron chi connectivity index (χ1n) is 7.44. The van der Waals surface area contributed by atoms with E-state index in [1.165, 1.54) is 6.42 Å². The molecule has 21 heavy (non-hydrogen) atoms. The number of carbonyl (C=O) groups excluding carboxylic acids is 1. The number of amides is 1. The Labute approximate surface area is 124 Å². The quantitative estimate of drug-likeness (QED) is 0.801. The SMILES string of the molecule is O=C(/C(=C/c1ccco1)c1ccccc1)N1CCCCC1. The number of nitrogens with zero attached hydrogens (tertiary/aromatic N) is 1. The predicted octanol–water partition coefficient (Wildman–Crippen LogP) is 3.83. The molecular formula is C18H19NO2. The van der Waals surface area contributed by atoms with E-state index in [4.69, 9.17) is 4.42 Å². The highest BCUT2D eigenvalue weighted by molar-refractivity contribution is 6.23. The molecule has 1 aliphatic heterocycles. The van der Waals surface area contributed by atoms with Gasteiger partial charge in [-0.05, 0) is 43.0 Å². The minimum atomic E-state index is 0.0947. The van der Waals surface area contributed by atoms with Crippen molar-refractivity contribution < 1.29 is 9.21 Å². The van der Waals surface area contributed by atoms with Crippen LogP contribution in [0.1, 0.15) is 30.6 Å². The van der Waals surface area contributed by atoms with Crippen LogP contribution in [0.5, 0.6) is 0 Å². The summed E-state index contributed by atoms with van der Waals surface area (Å²) < 4.78 is 5.38. The Bertz CT molecular complexity index is 608. The van der Waals surface area contributed by atoms with E-state index in [0.717, 1.165) is 31.5 Å². The number of benzene rings is 1. The Morgan fingerprint density at radius 1 is 1.00 bits per heavy atom. The van der Waals surface area contributed by atoms with E-state index in [-0.39, 0.29) is 5.91 Å². The van der Waals surface area contributed by atoms with Gasteiger partial charge in [-0.1, -0.05) is 30.3 Å². The lowest BCUT2D eigenvalue weighted by Gasteiger charge is -2.27. The molecule has 3 rings (SSSR count). The van der Waals surface area contributed by atoms with Crippen molar-refractivity contribution in [1.82, 2.24) is 4.90 Å². The van der Waals surface area contributed by atoms with Gasteiger partial charge in [-0.25, -0.2) is 0 Å².